The van der Waals surface area contributed by atoms with E-state index in [4.69, 9.17) is 4.74 Å². The van der Waals surface area contributed by atoms with E-state index in [1.165, 1.54) is 58.2 Å². The first-order valence-electron chi connectivity index (χ1n) is 8.62. The van der Waals surface area contributed by atoms with Crippen LogP contribution in [0.25, 0.3) is 0 Å². The molecule has 3 nitrogen and oxygen atoms in total. The van der Waals surface area contributed by atoms with E-state index in [1.807, 2.05) is 6.92 Å². The molecule has 0 aliphatic heterocycles. The van der Waals surface area contributed by atoms with Gasteiger partial charge in [0.1, 0.15) is 0 Å². The van der Waals surface area contributed by atoms with Gasteiger partial charge in [0.25, 0.3) is 0 Å². The van der Waals surface area contributed by atoms with E-state index < -0.39 is 0 Å². The van der Waals surface area contributed by atoms with Crippen LogP contribution in [0.1, 0.15) is 78.6 Å². The molecule has 120 valence electrons. The molecular formula is C17H35NO2. The second kappa shape index (κ2) is 14.8. The van der Waals surface area contributed by atoms with E-state index in [0.717, 1.165) is 12.8 Å². The highest BCUT2D eigenvalue weighted by Crippen LogP contribution is 2.10. The van der Waals surface area contributed by atoms with Crippen LogP contribution in [0.15, 0.2) is 0 Å². The molecule has 0 aromatic heterocycles. The normalized spacial score (nSPS) is 11.0. The van der Waals surface area contributed by atoms with Crippen molar-refractivity contribution in [2.24, 2.45) is 0 Å². The van der Waals surface area contributed by atoms with Crippen LogP contribution in [-0.4, -0.2) is 37.1 Å². The van der Waals surface area contributed by atoms with Gasteiger partial charge in [-0.3, -0.25) is 4.79 Å². The lowest BCUT2D eigenvalue weighted by molar-refractivity contribution is -0.143. The van der Waals surface area contributed by atoms with Crippen LogP contribution in [0.5, 0.6) is 0 Å². The number of nitrogens with zero attached hydrogens (tertiary/aromatic N) is 1. The zero-order valence-corrected chi connectivity index (χ0v) is 14.0. The molecule has 0 aromatic rings. The third-order valence-electron chi connectivity index (χ3n) is 3.80. The third-order valence-corrected chi connectivity index (χ3v) is 3.80. The minimum atomic E-state index is -0.0381. The van der Waals surface area contributed by atoms with Crippen LogP contribution in [0.2, 0.25) is 0 Å². The van der Waals surface area contributed by atoms with E-state index in [1.54, 1.807) is 0 Å². The Hall–Kier alpha value is -0.570. The first-order chi connectivity index (χ1) is 9.74. The maximum Gasteiger partial charge on any atom is 0.305 e. The van der Waals surface area contributed by atoms with Crippen molar-refractivity contribution in [3.63, 3.8) is 0 Å². The van der Waals surface area contributed by atoms with Crippen molar-refractivity contribution in [3.8, 4) is 0 Å². The van der Waals surface area contributed by atoms with Crippen LogP contribution in [0.3, 0.4) is 0 Å². The number of esters is 1. The summed E-state index contributed by atoms with van der Waals surface area (Å²) in [5.41, 5.74) is 0. The van der Waals surface area contributed by atoms with Gasteiger partial charge in [0.2, 0.25) is 0 Å². The highest BCUT2D eigenvalue weighted by Gasteiger charge is 2.01. The van der Waals surface area contributed by atoms with Crippen LogP contribution in [0.4, 0.5) is 0 Å². The lowest BCUT2D eigenvalue weighted by atomic mass is 10.1. The second-order valence-corrected chi connectivity index (χ2v) is 5.41. The summed E-state index contributed by atoms with van der Waals surface area (Å²) in [6.07, 6.45) is 10.7. The molecule has 0 radical (unpaired) electrons. The van der Waals surface area contributed by atoms with Gasteiger partial charge in [-0.1, -0.05) is 52.4 Å². The van der Waals surface area contributed by atoms with Crippen LogP contribution >= 0.6 is 0 Å². The SMILES string of the molecule is CCOC(=O)CCCCCCCCCCN(CC)CC. The standard InChI is InChI=1S/C17H35NO2/c1-4-18(5-2)16-14-12-10-8-7-9-11-13-15-17(19)20-6-3/h4-16H2,1-3H3. The molecule has 0 saturated heterocycles. The molecule has 0 heterocycles. The minimum Gasteiger partial charge on any atom is -0.466 e. The van der Waals surface area contributed by atoms with Crippen molar-refractivity contribution in [2.45, 2.75) is 78.6 Å². The Labute approximate surface area is 126 Å². The highest BCUT2D eigenvalue weighted by molar-refractivity contribution is 5.69. The molecule has 0 aliphatic rings. The first kappa shape index (κ1) is 19.4. The molecule has 0 spiro atoms. The minimum absolute atomic E-state index is 0.0381. The van der Waals surface area contributed by atoms with Crippen LogP contribution in [-0.2, 0) is 9.53 Å². The van der Waals surface area contributed by atoms with Gasteiger partial charge in [0, 0.05) is 6.42 Å². The molecule has 0 unspecified atom stereocenters. The van der Waals surface area contributed by atoms with Crippen molar-refractivity contribution in [1.82, 2.24) is 4.90 Å². The Kier molecular flexibility index (Phi) is 14.4. The van der Waals surface area contributed by atoms with Crippen molar-refractivity contribution in [3.05, 3.63) is 0 Å². The average molecular weight is 285 g/mol. The zero-order chi connectivity index (χ0) is 15.1. The topological polar surface area (TPSA) is 29.5 Å². The van der Waals surface area contributed by atoms with Crippen LogP contribution < -0.4 is 0 Å². The Morgan fingerprint density at radius 1 is 0.800 bits per heavy atom. The van der Waals surface area contributed by atoms with Gasteiger partial charge in [0.15, 0.2) is 0 Å². The fourth-order valence-corrected chi connectivity index (χ4v) is 2.44. The summed E-state index contributed by atoms with van der Waals surface area (Å²) in [5.74, 6) is -0.0381. The molecule has 0 fully saturated rings. The van der Waals surface area contributed by atoms with Crippen molar-refractivity contribution >= 4 is 5.97 Å². The molecule has 0 rings (SSSR count). The average Bonchev–Trinajstić information content (AvgIpc) is 2.45. The summed E-state index contributed by atoms with van der Waals surface area (Å²) in [7, 11) is 0. The van der Waals surface area contributed by atoms with Gasteiger partial charge < -0.3 is 9.64 Å². The maximum atomic E-state index is 11.1. The smallest absolute Gasteiger partial charge is 0.305 e. The Morgan fingerprint density at radius 2 is 1.30 bits per heavy atom. The number of carbonyl (C=O) groups is 1. The van der Waals surface area contributed by atoms with E-state index in [0.29, 0.717) is 13.0 Å². The van der Waals surface area contributed by atoms with Crippen molar-refractivity contribution in [1.29, 1.82) is 0 Å². The van der Waals surface area contributed by atoms with Gasteiger partial charge >= 0.3 is 5.97 Å². The molecule has 3 heteroatoms. The third kappa shape index (κ3) is 12.5. The number of hydrogen-bond donors (Lipinski definition) is 0. The van der Waals surface area contributed by atoms with E-state index in [2.05, 4.69) is 18.7 Å². The molecule has 0 atom stereocenters. The molecule has 0 N–H and O–H groups in total. The summed E-state index contributed by atoms with van der Waals surface area (Å²) >= 11 is 0. The molecule has 0 amide bonds. The number of hydrogen-bond acceptors (Lipinski definition) is 3. The van der Waals surface area contributed by atoms with Gasteiger partial charge in [-0.05, 0) is 39.4 Å². The Morgan fingerprint density at radius 3 is 1.80 bits per heavy atom. The van der Waals surface area contributed by atoms with E-state index in [-0.39, 0.29) is 5.97 Å². The summed E-state index contributed by atoms with van der Waals surface area (Å²) in [5, 5.41) is 0. The summed E-state index contributed by atoms with van der Waals surface area (Å²) in [6.45, 7) is 10.4. The molecule has 0 bridgehead atoms. The Bertz CT molecular complexity index is 215. The number of unbranched alkanes of at least 4 members (excludes halogenated alkanes) is 7. The fourth-order valence-electron chi connectivity index (χ4n) is 2.44. The Balaban J connectivity index is 3.15. The molecule has 0 aliphatic carbocycles. The second-order valence-electron chi connectivity index (χ2n) is 5.41. The first-order valence-corrected chi connectivity index (χ1v) is 8.62. The lowest BCUT2D eigenvalue weighted by Gasteiger charge is -2.17. The quantitative estimate of drug-likeness (QED) is 0.350. The molecular weight excluding hydrogens is 250 g/mol. The zero-order valence-electron chi connectivity index (χ0n) is 14.0. The molecule has 0 aromatic carbocycles. The van der Waals surface area contributed by atoms with E-state index in [9.17, 15) is 4.79 Å². The van der Waals surface area contributed by atoms with Crippen LogP contribution in [0, 0.1) is 0 Å². The highest BCUT2D eigenvalue weighted by atomic mass is 16.5. The summed E-state index contributed by atoms with van der Waals surface area (Å²) in [4.78, 5) is 13.6. The maximum absolute atomic E-state index is 11.1. The van der Waals surface area contributed by atoms with Gasteiger partial charge in [0.05, 0.1) is 6.61 Å². The predicted octanol–water partition coefficient (Wildman–Crippen LogP) is 4.40. The lowest BCUT2D eigenvalue weighted by Crippen LogP contribution is -2.23. The molecule has 0 saturated carbocycles. The summed E-state index contributed by atoms with van der Waals surface area (Å²) < 4.78 is 4.91. The predicted molar refractivity (Wildman–Crippen MR) is 86.0 cm³/mol. The fraction of sp³-hybridized carbons (Fsp3) is 0.941. The molecule has 20 heavy (non-hydrogen) atoms. The summed E-state index contributed by atoms with van der Waals surface area (Å²) in [6, 6.07) is 0. The van der Waals surface area contributed by atoms with Gasteiger partial charge in [-0.2, -0.15) is 0 Å². The van der Waals surface area contributed by atoms with Gasteiger partial charge in [-0.25, -0.2) is 0 Å². The van der Waals surface area contributed by atoms with Crippen molar-refractivity contribution < 1.29 is 9.53 Å². The number of carbonyl (C=O) groups excluding carboxylic acids is 1. The van der Waals surface area contributed by atoms with E-state index >= 15 is 0 Å². The largest absolute Gasteiger partial charge is 0.466 e. The number of rotatable bonds is 14. The monoisotopic (exact) mass is 285 g/mol. The number of ether oxygens (including phenoxy) is 1. The van der Waals surface area contributed by atoms with Gasteiger partial charge in [-0.15, -0.1) is 0 Å². The van der Waals surface area contributed by atoms with Crippen molar-refractivity contribution in [2.75, 3.05) is 26.2 Å².